The highest BCUT2D eigenvalue weighted by molar-refractivity contribution is 6.29. The molecule has 0 amide bonds. The van der Waals surface area contributed by atoms with E-state index < -0.39 is 0 Å². The summed E-state index contributed by atoms with van der Waals surface area (Å²) in [4.78, 5) is 27.9. The van der Waals surface area contributed by atoms with Gasteiger partial charge in [0, 0.05) is 12.6 Å². The number of likely N-dealkylation sites (N-methyl/N-ethyl adjacent to an activating group) is 1. The fraction of sp³-hybridized carbons (Fsp3) is 0.500. The number of hydrogen-bond acceptors (Lipinski definition) is 5. The van der Waals surface area contributed by atoms with Crippen LogP contribution in [0.1, 0.15) is 0 Å². The number of hydrogen-bond donors (Lipinski definition) is 1. The molecule has 6 nitrogen and oxygen atoms in total. The second kappa shape index (κ2) is 4.85. The van der Waals surface area contributed by atoms with Crippen LogP contribution in [-0.4, -0.2) is 42.0 Å². The minimum absolute atomic E-state index is 0.0677. The van der Waals surface area contributed by atoms with Crippen LogP contribution in [0, 0.1) is 0 Å². The zero-order chi connectivity index (χ0) is 12.4. The van der Waals surface area contributed by atoms with Gasteiger partial charge >= 0.3 is 5.69 Å². The third-order valence-electron chi connectivity index (χ3n) is 2.80. The maximum atomic E-state index is 11.7. The average molecular weight is 257 g/mol. The van der Waals surface area contributed by atoms with Crippen molar-refractivity contribution in [2.24, 2.45) is 0 Å². The van der Waals surface area contributed by atoms with Gasteiger partial charge in [-0.1, -0.05) is 11.6 Å². The van der Waals surface area contributed by atoms with E-state index in [1.54, 1.807) is 6.07 Å². The molecule has 2 rings (SSSR count). The fourth-order valence-electron chi connectivity index (χ4n) is 2.11. The smallest absolute Gasteiger partial charge is 0.345 e. The van der Waals surface area contributed by atoms with Gasteiger partial charge in [-0.2, -0.15) is 4.98 Å². The maximum Gasteiger partial charge on any atom is 0.350 e. The van der Waals surface area contributed by atoms with Crippen molar-refractivity contribution in [3.8, 4) is 0 Å². The number of carbonyl (C=O) groups excluding carboxylic acids is 1. The summed E-state index contributed by atoms with van der Waals surface area (Å²) in [5, 5.41) is 3.20. The Balaban J connectivity index is 2.42. The number of aromatic nitrogens is 2. The monoisotopic (exact) mass is 256 g/mol. The third-order valence-corrected chi connectivity index (χ3v) is 2.99. The molecular formula is C10H13ClN4O2. The molecule has 0 saturated heterocycles. The lowest BCUT2D eigenvalue weighted by Crippen LogP contribution is -2.40. The standard InChI is InChI=1S/C10H13ClN4O2/c1-12-5-7-6-15-9(14(7)2-3-16)4-8(11)13-10(15)17/h3-4,7,12H,2,5-6H2,1H3. The number of fused-ring (bicyclic) bond motifs is 1. The molecule has 0 fully saturated rings. The molecule has 1 aliphatic rings. The second-order valence-corrected chi connectivity index (χ2v) is 4.25. The number of nitrogens with one attached hydrogen (secondary N) is 1. The molecule has 0 aromatic carbocycles. The lowest BCUT2D eigenvalue weighted by Gasteiger charge is -2.23. The molecule has 1 aromatic heterocycles. The second-order valence-electron chi connectivity index (χ2n) is 3.86. The minimum atomic E-state index is -0.373. The molecule has 2 heterocycles. The predicted octanol–water partition coefficient (Wildman–Crippen LogP) is -0.496. The zero-order valence-corrected chi connectivity index (χ0v) is 10.1. The summed E-state index contributed by atoms with van der Waals surface area (Å²) in [6.45, 7) is 1.45. The molecule has 7 heteroatoms. The van der Waals surface area contributed by atoms with Crippen LogP contribution in [0.5, 0.6) is 0 Å². The number of rotatable bonds is 4. The van der Waals surface area contributed by atoms with Gasteiger partial charge < -0.3 is 15.0 Å². The molecule has 17 heavy (non-hydrogen) atoms. The van der Waals surface area contributed by atoms with E-state index in [4.69, 9.17) is 11.6 Å². The summed E-state index contributed by atoms with van der Waals surface area (Å²) in [7, 11) is 1.83. The zero-order valence-electron chi connectivity index (χ0n) is 9.39. The van der Waals surface area contributed by atoms with E-state index in [-0.39, 0.29) is 23.4 Å². The Morgan fingerprint density at radius 2 is 2.47 bits per heavy atom. The number of halogens is 1. The molecule has 1 N–H and O–H groups in total. The third kappa shape index (κ3) is 2.18. The first-order valence-corrected chi connectivity index (χ1v) is 5.67. The van der Waals surface area contributed by atoms with E-state index in [0.717, 1.165) is 6.29 Å². The highest BCUT2D eigenvalue weighted by Crippen LogP contribution is 2.24. The Bertz CT molecular complexity index is 488. The van der Waals surface area contributed by atoms with E-state index in [9.17, 15) is 9.59 Å². The van der Waals surface area contributed by atoms with E-state index in [1.165, 1.54) is 4.57 Å². The molecule has 0 spiro atoms. The van der Waals surface area contributed by atoms with Gasteiger partial charge in [-0.3, -0.25) is 4.57 Å². The number of nitrogens with zero attached hydrogens (tertiary/aromatic N) is 3. The topological polar surface area (TPSA) is 67.2 Å². The Morgan fingerprint density at radius 3 is 3.12 bits per heavy atom. The van der Waals surface area contributed by atoms with E-state index in [2.05, 4.69) is 10.3 Å². The summed E-state index contributed by atoms with van der Waals surface area (Å²) in [6, 6.07) is 1.68. The van der Waals surface area contributed by atoms with Crippen LogP contribution in [-0.2, 0) is 11.3 Å². The summed E-state index contributed by atoms with van der Waals surface area (Å²) in [6.07, 6.45) is 0.817. The van der Waals surface area contributed by atoms with Gasteiger partial charge in [0.05, 0.1) is 19.1 Å². The molecule has 1 aromatic rings. The van der Waals surface area contributed by atoms with Gasteiger partial charge in [0.25, 0.3) is 0 Å². The van der Waals surface area contributed by atoms with Gasteiger partial charge in [0.1, 0.15) is 17.3 Å². The molecule has 92 valence electrons. The lowest BCUT2D eigenvalue weighted by atomic mass is 10.2. The largest absolute Gasteiger partial charge is 0.350 e. The van der Waals surface area contributed by atoms with Gasteiger partial charge in [0.2, 0.25) is 0 Å². The fourth-order valence-corrected chi connectivity index (χ4v) is 2.28. The number of carbonyl (C=O) groups is 1. The van der Waals surface area contributed by atoms with E-state index in [1.807, 2.05) is 11.9 Å². The minimum Gasteiger partial charge on any atom is -0.345 e. The Morgan fingerprint density at radius 1 is 1.71 bits per heavy atom. The van der Waals surface area contributed by atoms with E-state index in [0.29, 0.717) is 18.9 Å². The van der Waals surface area contributed by atoms with Gasteiger partial charge in [-0.05, 0) is 7.05 Å². The molecule has 1 aliphatic heterocycles. The van der Waals surface area contributed by atoms with Crippen molar-refractivity contribution in [3.05, 3.63) is 21.7 Å². The SMILES string of the molecule is CNCC1Cn2c(cc(Cl)nc2=O)N1CC=O. The highest BCUT2D eigenvalue weighted by atomic mass is 35.5. The summed E-state index contributed by atoms with van der Waals surface area (Å²) < 4.78 is 1.54. The van der Waals surface area contributed by atoms with Gasteiger partial charge in [-0.25, -0.2) is 4.79 Å². The van der Waals surface area contributed by atoms with Crippen LogP contribution >= 0.6 is 11.6 Å². The molecular weight excluding hydrogens is 244 g/mol. The first kappa shape index (κ1) is 12.1. The predicted molar refractivity (Wildman–Crippen MR) is 64.6 cm³/mol. The van der Waals surface area contributed by atoms with Crippen LogP contribution in [0.2, 0.25) is 5.15 Å². The normalized spacial score (nSPS) is 18.2. The maximum absolute atomic E-state index is 11.7. The lowest BCUT2D eigenvalue weighted by molar-refractivity contribution is -0.106. The van der Waals surface area contributed by atoms with E-state index >= 15 is 0 Å². The van der Waals surface area contributed by atoms with Crippen LogP contribution in [0.3, 0.4) is 0 Å². The Hall–Kier alpha value is -1.40. The summed E-state index contributed by atoms with van der Waals surface area (Å²) >= 11 is 5.76. The average Bonchev–Trinajstić information content (AvgIpc) is 2.59. The van der Waals surface area contributed by atoms with Crippen LogP contribution < -0.4 is 15.9 Å². The summed E-state index contributed by atoms with van der Waals surface area (Å²) in [5.41, 5.74) is -0.373. The molecule has 0 aliphatic carbocycles. The van der Waals surface area contributed by atoms with Crippen molar-refractivity contribution in [1.82, 2.24) is 14.9 Å². The van der Waals surface area contributed by atoms with Crippen molar-refractivity contribution >= 4 is 23.7 Å². The van der Waals surface area contributed by atoms with Crippen molar-refractivity contribution in [3.63, 3.8) is 0 Å². The molecule has 1 atom stereocenters. The first-order chi connectivity index (χ1) is 8.17. The van der Waals surface area contributed by atoms with Gasteiger partial charge in [0.15, 0.2) is 0 Å². The van der Waals surface area contributed by atoms with Crippen molar-refractivity contribution in [2.75, 3.05) is 25.0 Å². The Kier molecular flexibility index (Phi) is 3.44. The van der Waals surface area contributed by atoms with Crippen LogP contribution in [0.4, 0.5) is 5.82 Å². The molecule has 1 unspecified atom stereocenters. The molecule has 0 saturated carbocycles. The summed E-state index contributed by atoms with van der Waals surface area (Å²) in [5.74, 6) is 0.655. The Labute approximate surface area is 103 Å². The number of anilines is 1. The van der Waals surface area contributed by atoms with Crippen LogP contribution in [0.25, 0.3) is 0 Å². The quantitative estimate of drug-likeness (QED) is 0.581. The van der Waals surface area contributed by atoms with Crippen LogP contribution in [0.15, 0.2) is 10.9 Å². The van der Waals surface area contributed by atoms with Crippen molar-refractivity contribution in [1.29, 1.82) is 0 Å². The molecule has 0 bridgehead atoms. The van der Waals surface area contributed by atoms with Crippen molar-refractivity contribution in [2.45, 2.75) is 12.6 Å². The number of aldehydes is 1. The van der Waals surface area contributed by atoms with Gasteiger partial charge in [-0.15, -0.1) is 0 Å². The highest BCUT2D eigenvalue weighted by Gasteiger charge is 2.29. The van der Waals surface area contributed by atoms with Crippen molar-refractivity contribution < 1.29 is 4.79 Å². The molecule has 0 radical (unpaired) electrons. The first-order valence-electron chi connectivity index (χ1n) is 5.29.